The number of likely N-dealkylation sites (tertiary alicyclic amines) is 1. The molecule has 1 fully saturated rings. The van der Waals surface area contributed by atoms with Crippen molar-refractivity contribution in [3.05, 3.63) is 53.3 Å². The lowest BCUT2D eigenvalue weighted by molar-refractivity contribution is -0.142. The quantitative estimate of drug-likeness (QED) is 0.454. The van der Waals surface area contributed by atoms with Crippen molar-refractivity contribution in [1.29, 1.82) is 5.26 Å². The number of rotatable bonds is 5. The van der Waals surface area contributed by atoms with Gasteiger partial charge >= 0.3 is 6.18 Å². The minimum Gasteiger partial charge on any atom is -0.369 e. The van der Waals surface area contributed by atoms with Gasteiger partial charge in [0.1, 0.15) is 5.69 Å². The zero-order valence-corrected chi connectivity index (χ0v) is 15.5. The van der Waals surface area contributed by atoms with Gasteiger partial charge in [0.15, 0.2) is 0 Å². The molecular weight excluding hydrogens is 383 g/mol. The van der Waals surface area contributed by atoms with E-state index in [-0.39, 0.29) is 18.5 Å². The van der Waals surface area contributed by atoms with Gasteiger partial charge in [-0.1, -0.05) is 6.07 Å². The van der Waals surface area contributed by atoms with Crippen LogP contribution in [0.2, 0.25) is 0 Å². The molecule has 2 heterocycles. The Morgan fingerprint density at radius 3 is 2.76 bits per heavy atom. The van der Waals surface area contributed by atoms with Crippen LogP contribution in [0.5, 0.6) is 0 Å². The maximum absolute atomic E-state index is 13.6. The van der Waals surface area contributed by atoms with Crippen molar-refractivity contribution in [2.24, 2.45) is 21.7 Å². The van der Waals surface area contributed by atoms with Crippen molar-refractivity contribution in [3.63, 3.8) is 0 Å². The van der Waals surface area contributed by atoms with Crippen molar-refractivity contribution >= 4 is 12.2 Å². The first-order valence-electron chi connectivity index (χ1n) is 8.94. The predicted octanol–water partition coefficient (Wildman–Crippen LogP) is 2.59. The number of nitriles is 1. The van der Waals surface area contributed by atoms with E-state index in [1.165, 1.54) is 12.1 Å². The number of aromatic nitrogens is 1. The maximum Gasteiger partial charge on any atom is 0.431 e. The molecule has 0 spiro atoms. The number of benzene rings is 1. The summed E-state index contributed by atoms with van der Waals surface area (Å²) in [5.74, 6) is -0.160. The van der Waals surface area contributed by atoms with Crippen LogP contribution >= 0.6 is 0 Å². The highest BCUT2D eigenvalue weighted by molar-refractivity contribution is 5.76. The first kappa shape index (κ1) is 20.4. The third-order valence-electron chi connectivity index (χ3n) is 4.68. The summed E-state index contributed by atoms with van der Waals surface area (Å²) in [6, 6.07) is 10.5. The summed E-state index contributed by atoms with van der Waals surface area (Å²) in [7, 11) is 0. The molecule has 0 saturated carbocycles. The maximum atomic E-state index is 13.6. The molecule has 0 bridgehead atoms. The molecule has 3 rings (SSSR count). The van der Waals surface area contributed by atoms with Gasteiger partial charge in [-0.25, -0.2) is 0 Å². The summed E-state index contributed by atoms with van der Waals surface area (Å²) < 4.78 is 42.0. The molecule has 1 aliphatic heterocycles. The van der Waals surface area contributed by atoms with Crippen LogP contribution in [0.25, 0.3) is 5.69 Å². The topological polar surface area (TPSA) is 109 Å². The Labute approximate surface area is 165 Å². The zero-order valence-electron chi connectivity index (χ0n) is 15.5. The molecule has 1 aromatic heterocycles. The lowest BCUT2D eigenvalue weighted by Crippen LogP contribution is -2.31. The summed E-state index contributed by atoms with van der Waals surface area (Å²) in [5, 5.41) is 16.5. The molecular formula is C19H20F3N7. The Morgan fingerprint density at radius 1 is 1.28 bits per heavy atom. The average Bonchev–Trinajstić information content (AvgIpc) is 3.29. The Balaban J connectivity index is 1.95. The number of alkyl halides is 3. The normalized spacial score (nSPS) is 17.5. The summed E-state index contributed by atoms with van der Waals surface area (Å²) in [4.78, 5) is 2.02. The van der Waals surface area contributed by atoms with E-state index in [9.17, 15) is 13.2 Å². The van der Waals surface area contributed by atoms with Gasteiger partial charge in [-0.2, -0.15) is 23.5 Å². The molecule has 4 N–H and O–H groups in total. The number of hydrogen-bond acceptors (Lipinski definition) is 4. The van der Waals surface area contributed by atoms with Gasteiger partial charge in [0.05, 0.1) is 11.6 Å². The third-order valence-corrected chi connectivity index (χ3v) is 4.68. The van der Waals surface area contributed by atoms with Crippen LogP contribution < -0.4 is 11.5 Å². The first-order valence-corrected chi connectivity index (χ1v) is 8.94. The van der Waals surface area contributed by atoms with Crippen LogP contribution in [-0.2, 0) is 12.7 Å². The van der Waals surface area contributed by atoms with E-state index in [4.69, 9.17) is 16.7 Å². The fourth-order valence-corrected chi connectivity index (χ4v) is 3.45. The SMILES string of the molecule is N#Cc1cccc(-n2c(CN3CCCC3/C=N/N=C(N)N)ccc2C(F)(F)F)c1. The van der Waals surface area contributed by atoms with Crippen molar-refractivity contribution in [2.75, 3.05) is 6.54 Å². The highest BCUT2D eigenvalue weighted by Crippen LogP contribution is 2.34. The van der Waals surface area contributed by atoms with E-state index in [0.717, 1.165) is 23.5 Å². The van der Waals surface area contributed by atoms with Crippen LogP contribution in [0.15, 0.2) is 46.6 Å². The van der Waals surface area contributed by atoms with Gasteiger partial charge in [0.25, 0.3) is 0 Å². The number of halogens is 3. The lowest BCUT2D eigenvalue weighted by Gasteiger charge is -2.23. The second-order valence-corrected chi connectivity index (χ2v) is 6.67. The highest BCUT2D eigenvalue weighted by Gasteiger charge is 2.36. The molecule has 1 unspecified atom stereocenters. The summed E-state index contributed by atoms with van der Waals surface area (Å²) in [5.41, 5.74) is 10.8. The van der Waals surface area contributed by atoms with Crippen LogP contribution in [-0.4, -0.2) is 34.2 Å². The van der Waals surface area contributed by atoms with E-state index in [2.05, 4.69) is 10.2 Å². The molecule has 7 nitrogen and oxygen atoms in total. The molecule has 1 aliphatic rings. The fourth-order valence-electron chi connectivity index (χ4n) is 3.45. The summed E-state index contributed by atoms with van der Waals surface area (Å²) in [6.07, 6.45) is -1.24. The van der Waals surface area contributed by atoms with Gasteiger partial charge < -0.3 is 16.0 Å². The number of nitrogens with two attached hydrogens (primary N) is 2. The van der Waals surface area contributed by atoms with Gasteiger partial charge in [0, 0.05) is 30.2 Å². The second kappa shape index (κ2) is 8.36. The zero-order chi connectivity index (χ0) is 21.0. The van der Waals surface area contributed by atoms with Crippen LogP contribution in [0.4, 0.5) is 13.2 Å². The molecule has 2 aromatic rings. The molecule has 29 heavy (non-hydrogen) atoms. The van der Waals surface area contributed by atoms with Crippen molar-refractivity contribution < 1.29 is 13.2 Å². The second-order valence-electron chi connectivity index (χ2n) is 6.67. The van der Waals surface area contributed by atoms with Crippen LogP contribution in [0.1, 0.15) is 29.8 Å². The molecule has 1 aromatic carbocycles. The first-order chi connectivity index (χ1) is 13.8. The van der Waals surface area contributed by atoms with Crippen molar-refractivity contribution in [1.82, 2.24) is 9.47 Å². The van der Waals surface area contributed by atoms with Crippen molar-refractivity contribution in [2.45, 2.75) is 31.6 Å². The van der Waals surface area contributed by atoms with Crippen LogP contribution in [0.3, 0.4) is 0 Å². The summed E-state index contributed by atoms with van der Waals surface area (Å²) in [6.45, 7) is 0.995. The molecule has 1 atom stereocenters. The third kappa shape index (κ3) is 4.75. The Kier molecular flexibility index (Phi) is 5.89. The molecule has 10 heteroatoms. The van der Waals surface area contributed by atoms with E-state index in [1.807, 2.05) is 11.0 Å². The fraction of sp³-hybridized carbons (Fsp3) is 0.316. The van der Waals surface area contributed by atoms with Gasteiger partial charge in [-0.3, -0.25) is 4.90 Å². The largest absolute Gasteiger partial charge is 0.431 e. The predicted molar refractivity (Wildman–Crippen MR) is 103 cm³/mol. The molecule has 152 valence electrons. The number of guanidine groups is 1. The molecule has 1 saturated heterocycles. The Morgan fingerprint density at radius 2 is 2.07 bits per heavy atom. The molecule has 0 radical (unpaired) electrons. The Bertz CT molecular complexity index is 965. The monoisotopic (exact) mass is 403 g/mol. The average molecular weight is 403 g/mol. The smallest absolute Gasteiger partial charge is 0.369 e. The molecule has 0 amide bonds. The van der Waals surface area contributed by atoms with E-state index >= 15 is 0 Å². The minimum atomic E-state index is -4.53. The van der Waals surface area contributed by atoms with Crippen LogP contribution in [0, 0.1) is 11.3 Å². The summed E-state index contributed by atoms with van der Waals surface area (Å²) >= 11 is 0. The standard InChI is InChI=1S/C19H20F3N7/c20-19(21,22)17-7-6-16(29(17)14-4-1-3-13(9-14)10-23)12-28-8-2-5-15(28)11-26-27-18(24)25/h1,3-4,6-7,9,11,15H,2,5,8,12H2,(H4,24,25,27)/b26-11+. The van der Waals surface area contributed by atoms with E-state index in [0.29, 0.717) is 23.5 Å². The van der Waals surface area contributed by atoms with E-state index < -0.39 is 11.9 Å². The van der Waals surface area contributed by atoms with Gasteiger partial charge in [-0.05, 0) is 49.7 Å². The van der Waals surface area contributed by atoms with E-state index in [1.54, 1.807) is 24.4 Å². The minimum absolute atomic E-state index is 0.0822. The number of hydrogen-bond donors (Lipinski definition) is 2. The Hall–Kier alpha value is -3.32. The highest BCUT2D eigenvalue weighted by atomic mass is 19.4. The van der Waals surface area contributed by atoms with Crippen molar-refractivity contribution in [3.8, 4) is 11.8 Å². The van der Waals surface area contributed by atoms with Gasteiger partial charge in [-0.15, -0.1) is 5.10 Å². The lowest BCUT2D eigenvalue weighted by atomic mass is 10.2. The molecule has 0 aliphatic carbocycles. The van der Waals surface area contributed by atoms with Gasteiger partial charge in [0.2, 0.25) is 5.96 Å². The number of nitrogens with zero attached hydrogens (tertiary/aromatic N) is 5.